The fraction of sp³-hybridized carbons (Fsp3) is 0.824. The van der Waals surface area contributed by atoms with Gasteiger partial charge in [-0.3, -0.25) is 4.79 Å². The summed E-state index contributed by atoms with van der Waals surface area (Å²) in [6.07, 6.45) is 7.45. The summed E-state index contributed by atoms with van der Waals surface area (Å²) in [6.45, 7) is 7.52. The normalized spacial score (nSPS) is 15.4. The Hall–Kier alpha value is -1.11. The van der Waals surface area contributed by atoms with Gasteiger partial charge in [-0.15, -0.1) is 0 Å². The Balaban J connectivity index is 4.42. The van der Waals surface area contributed by atoms with Crippen LogP contribution in [0.1, 0.15) is 46.5 Å². The number of carbonyl (C=O) groups is 1. The summed E-state index contributed by atoms with van der Waals surface area (Å²) in [5.74, 6) is -0.733. The van der Waals surface area contributed by atoms with Gasteiger partial charge in [0.1, 0.15) is 18.8 Å². The van der Waals surface area contributed by atoms with Crippen LogP contribution in [0.4, 0.5) is 0 Å². The smallest absolute Gasteiger partial charge is 0.323 e. The number of carbonyl (C=O) groups excluding carboxylic acids is 1. The molecule has 0 spiro atoms. The predicted molar refractivity (Wildman–Crippen MR) is 91.7 cm³/mol. The van der Waals surface area contributed by atoms with Crippen molar-refractivity contribution in [1.29, 1.82) is 0 Å². The molecule has 0 aliphatic heterocycles. The van der Waals surface area contributed by atoms with Crippen molar-refractivity contribution in [3.63, 3.8) is 0 Å². The molecule has 0 heterocycles. The van der Waals surface area contributed by atoms with E-state index in [9.17, 15) is 9.90 Å². The molecule has 23 heavy (non-hydrogen) atoms. The van der Waals surface area contributed by atoms with Gasteiger partial charge in [-0.1, -0.05) is 39.7 Å². The first-order valence-electron chi connectivity index (χ1n) is 8.59. The van der Waals surface area contributed by atoms with Gasteiger partial charge in [0, 0.05) is 19.0 Å². The third-order valence-electron chi connectivity index (χ3n) is 3.67. The van der Waals surface area contributed by atoms with Crippen LogP contribution in [0.3, 0.4) is 0 Å². The molecular formula is C17H34N2O4. The monoisotopic (exact) mass is 330 g/mol. The highest BCUT2D eigenvalue weighted by Gasteiger charge is 2.21. The lowest BCUT2D eigenvalue weighted by Gasteiger charge is -2.22. The number of ether oxygens (including phenoxy) is 1. The van der Waals surface area contributed by atoms with Gasteiger partial charge in [0.25, 0.3) is 0 Å². The van der Waals surface area contributed by atoms with Gasteiger partial charge >= 0.3 is 5.97 Å². The summed E-state index contributed by atoms with van der Waals surface area (Å²) in [6, 6.07) is -0.781. The van der Waals surface area contributed by atoms with Gasteiger partial charge in [0.05, 0.1) is 6.61 Å². The van der Waals surface area contributed by atoms with Gasteiger partial charge in [0.2, 0.25) is 0 Å². The van der Waals surface area contributed by atoms with Gasteiger partial charge in [-0.2, -0.15) is 0 Å². The van der Waals surface area contributed by atoms with Gasteiger partial charge < -0.3 is 25.6 Å². The molecule has 3 atom stereocenters. The zero-order valence-electron chi connectivity index (χ0n) is 14.8. The Labute approximate surface area is 140 Å². The molecule has 0 rings (SSSR count). The second-order valence-corrected chi connectivity index (χ2v) is 5.94. The molecule has 0 aliphatic carbocycles. The molecule has 2 unspecified atom stereocenters. The first kappa shape index (κ1) is 21.9. The lowest BCUT2D eigenvalue weighted by Crippen LogP contribution is -2.39. The molecule has 0 bridgehead atoms. The lowest BCUT2D eigenvalue weighted by atomic mass is 10.0. The highest BCUT2D eigenvalue weighted by Crippen LogP contribution is 2.08. The van der Waals surface area contributed by atoms with Crippen LogP contribution in [0, 0.1) is 5.92 Å². The van der Waals surface area contributed by atoms with E-state index in [-0.39, 0.29) is 12.5 Å². The van der Waals surface area contributed by atoms with Crippen molar-refractivity contribution >= 4 is 5.97 Å². The number of rotatable bonds is 13. The van der Waals surface area contributed by atoms with Crippen molar-refractivity contribution in [2.75, 3.05) is 26.3 Å². The van der Waals surface area contributed by atoms with Crippen LogP contribution in [0.5, 0.6) is 0 Å². The minimum atomic E-state index is -1.06. The third-order valence-corrected chi connectivity index (χ3v) is 3.67. The van der Waals surface area contributed by atoms with E-state index in [1.165, 1.54) is 0 Å². The first-order chi connectivity index (χ1) is 11.0. The molecule has 0 saturated carbocycles. The quantitative estimate of drug-likeness (QED) is 0.440. The first-order valence-corrected chi connectivity index (χ1v) is 8.59. The highest BCUT2D eigenvalue weighted by molar-refractivity contribution is 5.76. The van der Waals surface area contributed by atoms with E-state index in [4.69, 9.17) is 15.6 Å². The average Bonchev–Trinajstić information content (AvgIpc) is 2.57. The molecule has 0 aromatic heterocycles. The predicted octanol–water partition coefficient (Wildman–Crippen LogP) is 1.26. The average molecular weight is 330 g/mol. The summed E-state index contributed by atoms with van der Waals surface area (Å²) in [5, 5.41) is 17.9. The van der Waals surface area contributed by atoms with Crippen molar-refractivity contribution in [2.24, 2.45) is 11.7 Å². The summed E-state index contributed by atoms with van der Waals surface area (Å²) in [5.41, 5.74) is 5.89. The van der Waals surface area contributed by atoms with Crippen LogP contribution < -0.4 is 5.73 Å². The SMILES string of the molecule is CCCCN(/C=C/C(C)[C@@H](N)C(=O)OCC(O)CO)CCCC. The van der Waals surface area contributed by atoms with E-state index in [0.29, 0.717) is 0 Å². The van der Waals surface area contributed by atoms with Crippen LogP contribution >= 0.6 is 0 Å². The van der Waals surface area contributed by atoms with Crippen LogP contribution in [0.15, 0.2) is 12.3 Å². The second-order valence-electron chi connectivity index (χ2n) is 5.94. The van der Waals surface area contributed by atoms with Crippen molar-refractivity contribution in [3.8, 4) is 0 Å². The second kappa shape index (κ2) is 13.3. The number of hydrogen-bond acceptors (Lipinski definition) is 6. The summed E-state index contributed by atoms with van der Waals surface area (Å²) in [4.78, 5) is 14.1. The number of nitrogens with two attached hydrogens (primary N) is 1. The molecule has 6 heteroatoms. The molecule has 0 aliphatic rings. The maximum Gasteiger partial charge on any atom is 0.323 e. The molecule has 0 aromatic carbocycles. The summed E-state index contributed by atoms with van der Waals surface area (Å²) in [7, 11) is 0. The number of aliphatic hydroxyl groups excluding tert-OH is 2. The number of aliphatic hydroxyl groups is 2. The summed E-state index contributed by atoms with van der Waals surface area (Å²) < 4.78 is 4.89. The molecule has 136 valence electrons. The molecule has 0 aromatic rings. The maximum absolute atomic E-state index is 11.8. The van der Waals surface area contributed by atoms with Gasteiger partial charge in [0.15, 0.2) is 0 Å². The van der Waals surface area contributed by atoms with Crippen molar-refractivity contribution in [1.82, 2.24) is 4.90 Å². The van der Waals surface area contributed by atoms with E-state index in [0.717, 1.165) is 38.8 Å². The number of hydrogen-bond donors (Lipinski definition) is 3. The molecule has 0 radical (unpaired) electrons. The third kappa shape index (κ3) is 10.3. The van der Waals surface area contributed by atoms with Crippen molar-refractivity contribution in [2.45, 2.75) is 58.6 Å². The van der Waals surface area contributed by atoms with Crippen molar-refractivity contribution in [3.05, 3.63) is 12.3 Å². The van der Waals surface area contributed by atoms with E-state index in [1.807, 2.05) is 19.2 Å². The fourth-order valence-electron chi connectivity index (χ4n) is 1.90. The summed E-state index contributed by atoms with van der Waals surface area (Å²) >= 11 is 0. The van der Waals surface area contributed by atoms with E-state index in [1.54, 1.807) is 0 Å². The standard InChI is InChI=1S/C17H34N2O4/c1-4-6-9-19(10-7-5-2)11-8-14(3)16(18)17(22)23-13-15(21)12-20/h8,11,14-16,20-21H,4-7,9-10,12-13,18H2,1-3H3/b11-8+/t14?,15?,16-/m1/s1. The Bertz CT molecular complexity index is 329. The Morgan fingerprint density at radius 2 is 1.83 bits per heavy atom. The lowest BCUT2D eigenvalue weighted by molar-refractivity contribution is -0.149. The molecule has 0 saturated heterocycles. The zero-order valence-corrected chi connectivity index (χ0v) is 14.8. The number of unbranched alkanes of at least 4 members (excludes halogenated alkanes) is 2. The largest absolute Gasteiger partial charge is 0.462 e. The van der Waals surface area contributed by atoms with E-state index >= 15 is 0 Å². The van der Waals surface area contributed by atoms with Gasteiger partial charge in [-0.05, 0) is 19.0 Å². The minimum Gasteiger partial charge on any atom is -0.462 e. The van der Waals surface area contributed by atoms with Crippen LogP contribution in [0.25, 0.3) is 0 Å². The molecule has 0 amide bonds. The number of esters is 1. The van der Waals surface area contributed by atoms with Gasteiger partial charge in [-0.25, -0.2) is 0 Å². The van der Waals surface area contributed by atoms with E-state index < -0.39 is 24.7 Å². The number of nitrogens with zero attached hydrogens (tertiary/aromatic N) is 1. The van der Waals surface area contributed by atoms with Crippen LogP contribution in [0.2, 0.25) is 0 Å². The molecular weight excluding hydrogens is 296 g/mol. The zero-order chi connectivity index (χ0) is 17.7. The van der Waals surface area contributed by atoms with Crippen LogP contribution in [-0.2, 0) is 9.53 Å². The highest BCUT2D eigenvalue weighted by atomic mass is 16.5. The molecule has 6 nitrogen and oxygen atoms in total. The fourth-order valence-corrected chi connectivity index (χ4v) is 1.90. The van der Waals surface area contributed by atoms with E-state index in [2.05, 4.69) is 18.7 Å². The minimum absolute atomic E-state index is 0.167. The molecule has 4 N–H and O–H groups in total. The van der Waals surface area contributed by atoms with Crippen molar-refractivity contribution < 1.29 is 19.7 Å². The Morgan fingerprint density at radius 3 is 2.30 bits per heavy atom. The molecule has 0 fully saturated rings. The topological polar surface area (TPSA) is 96.0 Å². The Morgan fingerprint density at radius 1 is 1.26 bits per heavy atom. The van der Waals surface area contributed by atoms with Crippen LogP contribution in [-0.4, -0.2) is 59.5 Å². The Kier molecular flexibility index (Phi) is 12.7. The maximum atomic E-state index is 11.8.